The summed E-state index contributed by atoms with van der Waals surface area (Å²) in [6.07, 6.45) is 0.604. The van der Waals surface area contributed by atoms with E-state index in [1.54, 1.807) is 0 Å². The van der Waals surface area contributed by atoms with Gasteiger partial charge in [0.05, 0.1) is 13.1 Å². The van der Waals surface area contributed by atoms with Gasteiger partial charge in [-0.2, -0.15) is 4.98 Å². The maximum Gasteiger partial charge on any atom is 0.240 e. The van der Waals surface area contributed by atoms with Crippen LogP contribution in [0.25, 0.3) is 0 Å². The molecule has 6 nitrogen and oxygen atoms in total. The van der Waals surface area contributed by atoms with Crippen LogP contribution in [0.4, 0.5) is 0 Å². The second-order valence-corrected chi connectivity index (χ2v) is 4.89. The van der Waals surface area contributed by atoms with Gasteiger partial charge in [-0.3, -0.25) is 10.1 Å². The van der Waals surface area contributed by atoms with Gasteiger partial charge in [0.2, 0.25) is 11.8 Å². The van der Waals surface area contributed by atoms with Gasteiger partial charge in [-0.05, 0) is 17.7 Å². The Morgan fingerprint density at radius 3 is 2.79 bits per heavy atom. The molecular weight excluding hydrogens is 312 g/mol. The zero-order valence-electron chi connectivity index (χ0n) is 10.1. The van der Waals surface area contributed by atoms with Crippen LogP contribution in [0.3, 0.4) is 0 Å². The van der Waals surface area contributed by atoms with Gasteiger partial charge >= 0.3 is 0 Å². The van der Waals surface area contributed by atoms with E-state index in [9.17, 15) is 4.79 Å². The average Bonchev–Trinajstić information content (AvgIpc) is 2.79. The first kappa shape index (κ1) is 13.7. The summed E-state index contributed by atoms with van der Waals surface area (Å²) in [6, 6.07) is 7.91. The normalized spacial score (nSPS) is 10.6. The molecule has 0 aliphatic heterocycles. The molecule has 0 atom stereocenters. The third-order valence-corrected chi connectivity index (χ3v) is 2.89. The van der Waals surface area contributed by atoms with E-state index in [0.29, 0.717) is 24.7 Å². The molecule has 0 unspecified atom stereocenters. The summed E-state index contributed by atoms with van der Waals surface area (Å²) in [5.74, 6) is 0.626. The average molecular weight is 325 g/mol. The fourth-order valence-electron chi connectivity index (χ4n) is 1.51. The maximum absolute atomic E-state index is 10.6. The highest BCUT2D eigenvalue weighted by Crippen LogP contribution is 2.12. The van der Waals surface area contributed by atoms with Crippen molar-refractivity contribution in [1.29, 1.82) is 0 Å². The maximum atomic E-state index is 10.6. The van der Waals surface area contributed by atoms with E-state index in [0.717, 1.165) is 10.0 Å². The molecule has 0 spiro atoms. The topological polar surface area (TPSA) is 94.0 Å². The summed E-state index contributed by atoms with van der Waals surface area (Å²) in [4.78, 5) is 14.8. The summed E-state index contributed by atoms with van der Waals surface area (Å²) >= 11 is 3.38. The minimum atomic E-state index is -0.422. The van der Waals surface area contributed by atoms with Crippen molar-refractivity contribution in [2.75, 3.05) is 6.54 Å². The summed E-state index contributed by atoms with van der Waals surface area (Å²) in [6.45, 7) is 0.417. The monoisotopic (exact) mass is 324 g/mol. The SMILES string of the molecule is NC(=O)CNCc1nc(Cc2ccc(Br)cc2)no1. The lowest BCUT2D eigenvalue weighted by atomic mass is 10.1. The van der Waals surface area contributed by atoms with Crippen molar-refractivity contribution in [3.8, 4) is 0 Å². The molecule has 1 amide bonds. The standard InChI is InChI=1S/C12H13BrN4O2/c13-9-3-1-8(2-4-9)5-11-16-12(19-17-11)7-15-6-10(14)18/h1-4,15H,5-7H2,(H2,14,18). The zero-order valence-corrected chi connectivity index (χ0v) is 11.7. The van der Waals surface area contributed by atoms with Crippen LogP contribution in [0, 0.1) is 0 Å². The molecule has 7 heteroatoms. The predicted molar refractivity (Wildman–Crippen MR) is 72.1 cm³/mol. The highest BCUT2D eigenvalue weighted by molar-refractivity contribution is 9.10. The number of halogens is 1. The Kier molecular flexibility index (Phi) is 4.64. The van der Waals surface area contributed by atoms with Crippen molar-refractivity contribution in [2.45, 2.75) is 13.0 Å². The lowest BCUT2D eigenvalue weighted by Crippen LogP contribution is -2.28. The van der Waals surface area contributed by atoms with Crippen LogP contribution in [0.5, 0.6) is 0 Å². The number of hydrogen-bond acceptors (Lipinski definition) is 5. The number of hydrogen-bond donors (Lipinski definition) is 2. The van der Waals surface area contributed by atoms with Crippen LogP contribution in [-0.4, -0.2) is 22.6 Å². The number of carbonyl (C=O) groups excluding carboxylic acids is 1. The van der Waals surface area contributed by atoms with Gasteiger partial charge in [0.25, 0.3) is 0 Å². The number of carbonyl (C=O) groups is 1. The number of nitrogens with zero attached hydrogens (tertiary/aromatic N) is 2. The fraction of sp³-hybridized carbons (Fsp3) is 0.250. The number of aromatic nitrogens is 2. The molecule has 0 radical (unpaired) electrons. The first-order valence-electron chi connectivity index (χ1n) is 5.68. The van der Waals surface area contributed by atoms with Crippen molar-refractivity contribution in [1.82, 2.24) is 15.5 Å². The Labute approximate surface area is 118 Å². The smallest absolute Gasteiger partial charge is 0.240 e. The lowest BCUT2D eigenvalue weighted by molar-refractivity contribution is -0.117. The number of primary amides is 1. The molecule has 100 valence electrons. The summed E-state index contributed by atoms with van der Waals surface area (Å²) in [5.41, 5.74) is 6.10. The molecule has 2 aromatic rings. The number of nitrogens with one attached hydrogen (secondary N) is 1. The third-order valence-electron chi connectivity index (χ3n) is 2.36. The van der Waals surface area contributed by atoms with Gasteiger partial charge in [0.15, 0.2) is 5.82 Å². The van der Waals surface area contributed by atoms with E-state index in [2.05, 4.69) is 31.4 Å². The summed E-state index contributed by atoms with van der Waals surface area (Å²) < 4.78 is 6.09. The Hall–Kier alpha value is -1.73. The van der Waals surface area contributed by atoms with Crippen LogP contribution in [0.15, 0.2) is 33.3 Å². The molecule has 2 rings (SSSR count). The van der Waals surface area contributed by atoms with Gasteiger partial charge in [0, 0.05) is 10.9 Å². The van der Waals surface area contributed by atoms with Crippen LogP contribution < -0.4 is 11.1 Å². The highest BCUT2D eigenvalue weighted by atomic mass is 79.9. The number of benzene rings is 1. The van der Waals surface area contributed by atoms with E-state index in [1.807, 2.05) is 24.3 Å². The number of rotatable bonds is 6. The predicted octanol–water partition coefficient (Wildman–Crippen LogP) is 0.998. The van der Waals surface area contributed by atoms with Gasteiger partial charge < -0.3 is 10.3 Å². The molecule has 0 bridgehead atoms. The Morgan fingerprint density at radius 1 is 1.37 bits per heavy atom. The Bertz CT molecular complexity index is 553. The van der Waals surface area contributed by atoms with E-state index >= 15 is 0 Å². The van der Waals surface area contributed by atoms with Crippen molar-refractivity contribution in [3.63, 3.8) is 0 Å². The summed E-state index contributed by atoms with van der Waals surface area (Å²) in [5, 5.41) is 6.69. The summed E-state index contributed by atoms with van der Waals surface area (Å²) in [7, 11) is 0. The second-order valence-electron chi connectivity index (χ2n) is 3.98. The molecule has 1 aromatic heterocycles. The van der Waals surface area contributed by atoms with E-state index in [1.165, 1.54) is 0 Å². The third kappa shape index (κ3) is 4.46. The van der Waals surface area contributed by atoms with Crippen molar-refractivity contribution in [3.05, 3.63) is 46.0 Å². The van der Waals surface area contributed by atoms with Crippen molar-refractivity contribution < 1.29 is 9.32 Å². The van der Waals surface area contributed by atoms with Gasteiger partial charge in [0.1, 0.15) is 0 Å². The Balaban J connectivity index is 1.90. The van der Waals surface area contributed by atoms with Gasteiger partial charge in [-0.15, -0.1) is 0 Å². The van der Waals surface area contributed by atoms with Crippen LogP contribution in [0.1, 0.15) is 17.3 Å². The van der Waals surface area contributed by atoms with Crippen LogP contribution >= 0.6 is 15.9 Å². The van der Waals surface area contributed by atoms with Crippen LogP contribution in [0.2, 0.25) is 0 Å². The van der Waals surface area contributed by atoms with Gasteiger partial charge in [-0.25, -0.2) is 0 Å². The minimum absolute atomic E-state index is 0.0877. The zero-order chi connectivity index (χ0) is 13.7. The molecule has 0 aliphatic carbocycles. The van der Waals surface area contributed by atoms with E-state index in [-0.39, 0.29) is 6.54 Å². The van der Waals surface area contributed by atoms with E-state index < -0.39 is 5.91 Å². The van der Waals surface area contributed by atoms with Crippen LogP contribution in [-0.2, 0) is 17.8 Å². The molecule has 3 N–H and O–H groups in total. The van der Waals surface area contributed by atoms with Crippen molar-refractivity contribution >= 4 is 21.8 Å². The first-order chi connectivity index (χ1) is 9.13. The first-order valence-corrected chi connectivity index (χ1v) is 6.47. The molecule has 1 heterocycles. The van der Waals surface area contributed by atoms with Gasteiger partial charge in [-0.1, -0.05) is 33.2 Å². The molecular formula is C12H13BrN4O2. The highest BCUT2D eigenvalue weighted by Gasteiger charge is 2.07. The second kappa shape index (κ2) is 6.44. The molecule has 0 saturated carbocycles. The number of amides is 1. The number of nitrogens with two attached hydrogens (primary N) is 1. The lowest BCUT2D eigenvalue weighted by Gasteiger charge is -1.97. The molecule has 0 fully saturated rings. The van der Waals surface area contributed by atoms with E-state index in [4.69, 9.17) is 10.3 Å². The minimum Gasteiger partial charge on any atom is -0.369 e. The largest absolute Gasteiger partial charge is 0.369 e. The Morgan fingerprint density at radius 2 is 2.11 bits per heavy atom. The van der Waals surface area contributed by atoms with Crippen molar-refractivity contribution in [2.24, 2.45) is 5.73 Å². The fourth-order valence-corrected chi connectivity index (χ4v) is 1.78. The quantitative estimate of drug-likeness (QED) is 0.826. The molecule has 1 aromatic carbocycles. The molecule has 0 saturated heterocycles. The molecule has 19 heavy (non-hydrogen) atoms. The molecule has 0 aliphatic rings.